The lowest BCUT2D eigenvalue weighted by Crippen LogP contribution is -1.92. The molecule has 2 heteroatoms. The van der Waals surface area contributed by atoms with E-state index in [2.05, 4.69) is 0 Å². The second kappa shape index (κ2) is 5.04. The van der Waals surface area contributed by atoms with Crippen molar-refractivity contribution in [1.29, 1.82) is 0 Å². The fourth-order valence-corrected chi connectivity index (χ4v) is 1.88. The van der Waals surface area contributed by atoms with Crippen LogP contribution >= 0.6 is 11.6 Å². The van der Waals surface area contributed by atoms with Crippen molar-refractivity contribution >= 4 is 11.6 Å². The second-order valence-electron chi connectivity index (χ2n) is 3.55. The zero-order valence-corrected chi connectivity index (χ0v) is 9.82. The molecule has 2 aromatic carbocycles. The Morgan fingerprint density at radius 2 is 1.44 bits per heavy atom. The molecule has 1 atom stereocenters. The van der Waals surface area contributed by atoms with Gasteiger partial charge in [0, 0.05) is 0 Å². The highest BCUT2D eigenvalue weighted by Gasteiger charge is 2.09. The van der Waals surface area contributed by atoms with Crippen LogP contribution in [-0.4, -0.2) is 7.11 Å². The van der Waals surface area contributed by atoms with Gasteiger partial charge in [-0.1, -0.05) is 42.5 Å². The highest BCUT2D eigenvalue weighted by Crippen LogP contribution is 2.29. The van der Waals surface area contributed by atoms with E-state index in [9.17, 15) is 0 Å². The number of benzene rings is 2. The number of ether oxygens (including phenoxy) is 1. The van der Waals surface area contributed by atoms with Crippen LogP contribution in [-0.2, 0) is 0 Å². The van der Waals surface area contributed by atoms with Crippen LogP contribution in [0, 0.1) is 0 Å². The smallest absolute Gasteiger partial charge is 0.118 e. The molecular formula is C14H13ClO. The van der Waals surface area contributed by atoms with Crippen molar-refractivity contribution in [3.8, 4) is 5.75 Å². The van der Waals surface area contributed by atoms with Gasteiger partial charge in [0.05, 0.1) is 12.5 Å². The third-order valence-corrected chi connectivity index (χ3v) is 3.00. The van der Waals surface area contributed by atoms with Crippen molar-refractivity contribution in [2.45, 2.75) is 5.38 Å². The van der Waals surface area contributed by atoms with Gasteiger partial charge in [0.2, 0.25) is 0 Å². The minimum Gasteiger partial charge on any atom is -0.497 e. The molecule has 0 unspecified atom stereocenters. The van der Waals surface area contributed by atoms with E-state index >= 15 is 0 Å². The van der Waals surface area contributed by atoms with Crippen LogP contribution in [0.5, 0.6) is 5.75 Å². The molecular weight excluding hydrogens is 220 g/mol. The number of alkyl halides is 1. The van der Waals surface area contributed by atoms with Gasteiger partial charge in [-0.25, -0.2) is 0 Å². The third-order valence-electron chi connectivity index (χ3n) is 2.50. The van der Waals surface area contributed by atoms with Crippen LogP contribution in [0.1, 0.15) is 16.5 Å². The average Bonchev–Trinajstić information content (AvgIpc) is 2.39. The molecule has 0 fully saturated rings. The number of halogens is 1. The Bertz CT molecular complexity index is 436. The molecule has 0 aromatic heterocycles. The van der Waals surface area contributed by atoms with Gasteiger partial charge in [-0.3, -0.25) is 0 Å². The highest BCUT2D eigenvalue weighted by molar-refractivity contribution is 6.22. The summed E-state index contributed by atoms with van der Waals surface area (Å²) in [6, 6.07) is 17.9. The van der Waals surface area contributed by atoms with Gasteiger partial charge in [-0.15, -0.1) is 11.6 Å². The Morgan fingerprint density at radius 1 is 0.875 bits per heavy atom. The number of rotatable bonds is 3. The molecule has 0 amide bonds. The first-order chi connectivity index (χ1) is 7.81. The molecule has 0 saturated carbocycles. The normalized spacial score (nSPS) is 12.1. The minimum absolute atomic E-state index is 0.105. The monoisotopic (exact) mass is 232 g/mol. The lowest BCUT2D eigenvalue weighted by molar-refractivity contribution is 0.414. The lowest BCUT2D eigenvalue weighted by Gasteiger charge is -2.10. The molecule has 2 aromatic rings. The quantitative estimate of drug-likeness (QED) is 0.727. The van der Waals surface area contributed by atoms with Gasteiger partial charge < -0.3 is 4.74 Å². The van der Waals surface area contributed by atoms with Crippen molar-refractivity contribution in [2.24, 2.45) is 0 Å². The molecule has 0 radical (unpaired) electrons. The number of hydrogen-bond acceptors (Lipinski definition) is 1. The average molecular weight is 233 g/mol. The Morgan fingerprint density at radius 3 is 2.00 bits per heavy atom. The maximum absolute atomic E-state index is 6.39. The van der Waals surface area contributed by atoms with Gasteiger partial charge >= 0.3 is 0 Å². The predicted molar refractivity (Wildman–Crippen MR) is 67.1 cm³/mol. The Balaban J connectivity index is 2.24. The third kappa shape index (κ3) is 2.37. The molecule has 82 valence electrons. The molecule has 0 bridgehead atoms. The zero-order valence-electron chi connectivity index (χ0n) is 9.06. The topological polar surface area (TPSA) is 9.23 Å². The molecule has 0 saturated heterocycles. The Hall–Kier alpha value is -1.47. The first-order valence-electron chi connectivity index (χ1n) is 5.14. The van der Waals surface area contributed by atoms with Gasteiger partial charge in [0.15, 0.2) is 0 Å². The molecule has 0 aliphatic heterocycles. The van der Waals surface area contributed by atoms with E-state index in [0.717, 1.165) is 16.9 Å². The van der Waals surface area contributed by atoms with Crippen LogP contribution in [0.25, 0.3) is 0 Å². The van der Waals surface area contributed by atoms with Gasteiger partial charge in [-0.2, -0.15) is 0 Å². The SMILES string of the molecule is COc1ccc([C@@H](Cl)c2ccccc2)cc1. The molecule has 0 heterocycles. The summed E-state index contributed by atoms with van der Waals surface area (Å²) in [6.07, 6.45) is 0. The first-order valence-corrected chi connectivity index (χ1v) is 5.58. The first kappa shape index (κ1) is 11.0. The van der Waals surface area contributed by atoms with E-state index in [0.29, 0.717) is 0 Å². The lowest BCUT2D eigenvalue weighted by atomic mass is 10.0. The molecule has 16 heavy (non-hydrogen) atoms. The van der Waals surface area contributed by atoms with Crippen molar-refractivity contribution in [2.75, 3.05) is 7.11 Å². The summed E-state index contributed by atoms with van der Waals surface area (Å²) in [4.78, 5) is 0. The highest BCUT2D eigenvalue weighted by atomic mass is 35.5. The summed E-state index contributed by atoms with van der Waals surface area (Å²) in [5, 5.41) is -0.105. The van der Waals surface area contributed by atoms with Crippen molar-refractivity contribution in [3.05, 3.63) is 65.7 Å². The van der Waals surface area contributed by atoms with E-state index < -0.39 is 0 Å². The predicted octanol–water partition coefficient (Wildman–Crippen LogP) is 4.02. The van der Waals surface area contributed by atoms with Crippen molar-refractivity contribution in [1.82, 2.24) is 0 Å². The molecule has 1 nitrogen and oxygen atoms in total. The molecule has 0 N–H and O–H groups in total. The van der Waals surface area contributed by atoms with E-state index in [4.69, 9.17) is 16.3 Å². The maximum atomic E-state index is 6.39. The molecule has 0 spiro atoms. The number of methoxy groups -OCH3 is 1. The Labute approximate surface area is 101 Å². The summed E-state index contributed by atoms with van der Waals surface area (Å²) >= 11 is 6.39. The standard InChI is InChI=1S/C14H13ClO/c1-16-13-9-7-12(8-10-13)14(15)11-5-3-2-4-6-11/h2-10,14H,1H3/t14-/m0/s1. The zero-order chi connectivity index (χ0) is 11.4. The van der Waals surface area contributed by atoms with E-state index in [-0.39, 0.29) is 5.38 Å². The van der Waals surface area contributed by atoms with Gasteiger partial charge in [0.1, 0.15) is 5.75 Å². The fraction of sp³-hybridized carbons (Fsp3) is 0.143. The van der Waals surface area contributed by atoms with E-state index in [1.165, 1.54) is 0 Å². The second-order valence-corrected chi connectivity index (χ2v) is 3.98. The van der Waals surface area contributed by atoms with Crippen LogP contribution in [0.2, 0.25) is 0 Å². The largest absolute Gasteiger partial charge is 0.497 e. The fourth-order valence-electron chi connectivity index (χ4n) is 1.59. The number of hydrogen-bond donors (Lipinski definition) is 0. The van der Waals surface area contributed by atoms with E-state index in [1.807, 2.05) is 54.6 Å². The molecule has 0 aliphatic carbocycles. The van der Waals surface area contributed by atoms with Gasteiger partial charge in [-0.05, 0) is 23.3 Å². The van der Waals surface area contributed by atoms with Crippen LogP contribution in [0.15, 0.2) is 54.6 Å². The van der Waals surface area contributed by atoms with Crippen LogP contribution in [0.3, 0.4) is 0 Å². The summed E-state index contributed by atoms with van der Waals surface area (Å²) in [5.41, 5.74) is 2.18. The minimum atomic E-state index is -0.105. The molecule has 0 aliphatic rings. The van der Waals surface area contributed by atoms with Crippen LogP contribution < -0.4 is 4.74 Å². The summed E-state index contributed by atoms with van der Waals surface area (Å²) in [7, 11) is 1.66. The van der Waals surface area contributed by atoms with E-state index in [1.54, 1.807) is 7.11 Å². The Kier molecular flexibility index (Phi) is 3.47. The summed E-state index contributed by atoms with van der Waals surface area (Å²) < 4.78 is 5.11. The van der Waals surface area contributed by atoms with Gasteiger partial charge in [0.25, 0.3) is 0 Å². The molecule has 2 rings (SSSR count). The van der Waals surface area contributed by atoms with Crippen LogP contribution in [0.4, 0.5) is 0 Å². The summed E-state index contributed by atoms with van der Waals surface area (Å²) in [5.74, 6) is 0.848. The maximum Gasteiger partial charge on any atom is 0.118 e. The summed E-state index contributed by atoms with van der Waals surface area (Å²) in [6.45, 7) is 0. The van der Waals surface area contributed by atoms with Crippen molar-refractivity contribution in [3.63, 3.8) is 0 Å². The van der Waals surface area contributed by atoms with Crippen molar-refractivity contribution < 1.29 is 4.74 Å².